The van der Waals surface area contributed by atoms with Crippen molar-refractivity contribution < 1.29 is 9.59 Å². The van der Waals surface area contributed by atoms with Crippen LogP contribution in [0.1, 0.15) is 54.4 Å². The summed E-state index contributed by atoms with van der Waals surface area (Å²) in [5.41, 5.74) is 2.74. The van der Waals surface area contributed by atoms with Crippen LogP contribution in [-0.2, 0) is 9.59 Å². The third-order valence-corrected chi connectivity index (χ3v) is 5.43. The fourth-order valence-electron chi connectivity index (χ4n) is 3.58. The van der Waals surface area contributed by atoms with Crippen LogP contribution in [0.15, 0.2) is 22.3 Å². The first-order valence-corrected chi connectivity index (χ1v) is 6.57. The van der Waals surface area contributed by atoms with Crippen molar-refractivity contribution in [2.24, 2.45) is 10.8 Å². The summed E-state index contributed by atoms with van der Waals surface area (Å²) in [5, 5.41) is 0. The van der Waals surface area contributed by atoms with Gasteiger partial charge in [-0.1, -0.05) is 25.0 Å². The number of carbonyl (C=O) groups is 2. The smallest absolute Gasteiger partial charge is 0.166 e. The van der Waals surface area contributed by atoms with Crippen molar-refractivity contribution in [2.45, 2.75) is 54.4 Å². The number of ketones is 2. The van der Waals surface area contributed by atoms with E-state index in [9.17, 15) is 9.59 Å². The van der Waals surface area contributed by atoms with E-state index in [0.717, 1.165) is 0 Å². The van der Waals surface area contributed by atoms with E-state index >= 15 is 0 Å². The van der Waals surface area contributed by atoms with Crippen molar-refractivity contribution in [3.05, 3.63) is 22.3 Å². The summed E-state index contributed by atoms with van der Waals surface area (Å²) < 4.78 is 0. The van der Waals surface area contributed by atoms with Crippen LogP contribution in [0.5, 0.6) is 0 Å². The third-order valence-electron chi connectivity index (χ3n) is 5.43. The Balaban J connectivity index is 2.70. The molecule has 0 unspecified atom stereocenters. The Morgan fingerprint density at radius 3 is 1.28 bits per heavy atom. The molecule has 98 valence electrons. The lowest BCUT2D eigenvalue weighted by atomic mass is 9.49. The van der Waals surface area contributed by atoms with Crippen LogP contribution >= 0.6 is 0 Å². The van der Waals surface area contributed by atoms with Crippen molar-refractivity contribution in [3.63, 3.8) is 0 Å². The van der Waals surface area contributed by atoms with E-state index in [1.165, 1.54) is 11.1 Å². The van der Waals surface area contributed by atoms with Gasteiger partial charge in [0.1, 0.15) is 0 Å². The molecule has 0 saturated heterocycles. The van der Waals surface area contributed by atoms with Crippen molar-refractivity contribution >= 4 is 11.6 Å². The minimum Gasteiger partial charge on any atom is -0.294 e. The predicted molar refractivity (Wildman–Crippen MR) is 72.2 cm³/mol. The van der Waals surface area contributed by atoms with E-state index in [-0.39, 0.29) is 11.6 Å². The second kappa shape index (κ2) is 3.66. The molecule has 0 saturated carbocycles. The second-order valence-corrected chi connectivity index (χ2v) is 6.49. The molecule has 0 fully saturated rings. The molecule has 2 nitrogen and oxygen atoms in total. The highest BCUT2D eigenvalue weighted by Gasteiger charge is 2.59. The topological polar surface area (TPSA) is 34.1 Å². The first-order valence-electron chi connectivity index (χ1n) is 6.57. The van der Waals surface area contributed by atoms with Gasteiger partial charge in [0.15, 0.2) is 11.6 Å². The Bertz CT molecular complexity index is 475. The van der Waals surface area contributed by atoms with Crippen LogP contribution in [0.3, 0.4) is 0 Å². The number of allylic oxidation sites excluding steroid dienone is 4. The average Bonchev–Trinajstić information content (AvgIpc) is 2.31. The summed E-state index contributed by atoms with van der Waals surface area (Å²) in [7, 11) is 0. The van der Waals surface area contributed by atoms with E-state index in [0.29, 0.717) is 24.0 Å². The SMILES string of the molecule is CC1=C(C)C[C@]2(C)C(=O)C(C)=C(C)C(=O)[C@]2(C)C1. The van der Waals surface area contributed by atoms with E-state index in [1.54, 1.807) is 13.8 Å². The highest BCUT2D eigenvalue weighted by Crippen LogP contribution is 2.57. The molecule has 2 rings (SSSR count). The molecule has 0 spiro atoms. The molecule has 0 amide bonds. The largest absolute Gasteiger partial charge is 0.294 e. The second-order valence-electron chi connectivity index (χ2n) is 6.49. The molecule has 0 bridgehead atoms. The predicted octanol–water partition coefficient (Wildman–Crippen LogP) is 3.62. The van der Waals surface area contributed by atoms with Gasteiger partial charge in [0.2, 0.25) is 0 Å². The van der Waals surface area contributed by atoms with Crippen molar-refractivity contribution in [1.29, 1.82) is 0 Å². The zero-order valence-corrected chi connectivity index (χ0v) is 12.2. The van der Waals surface area contributed by atoms with Gasteiger partial charge < -0.3 is 0 Å². The fourth-order valence-corrected chi connectivity index (χ4v) is 3.58. The Morgan fingerprint density at radius 2 is 1.00 bits per heavy atom. The number of carbonyl (C=O) groups excluding carboxylic acids is 2. The van der Waals surface area contributed by atoms with Crippen LogP contribution in [-0.4, -0.2) is 11.6 Å². The molecule has 2 heteroatoms. The van der Waals surface area contributed by atoms with Gasteiger partial charge in [0.05, 0.1) is 0 Å². The summed E-state index contributed by atoms with van der Waals surface area (Å²) in [6.45, 7) is 11.7. The van der Waals surface area contributed by atoms with Crippen LogP contribution in [0.2, 0.25) is 0 Å². The minimum atomic E-state index is -0.558. The van der Waals surface area contributed by atoms with E-state index in [4.69, 9.17) is 0 Å². The fraction of sp³-hybridized carbons (Fsp3) is 0.625. The van der Waals surface area contributed by atoms with Gasteiger partial charge in [-0.25, -0.2) is 0 Å². The van der Waals surface area contributed by atoms with Crippen molar-refractivity contribution in [1.82, 2.24) is 0 Å². The number of hydrogen-bond acceptors (Lipinski definition) is 2. The van der Waals surface area contributed by atoms with Gasteiger partial charge in [-0.15, -0.1) is 0 Å². The van der Waals surface area contributed by atoms with E-state index in [2.05, 4.69) is 13.8 Å². The van der Waals surface area contributed by atoms with Crippen LogP contribution in [0, 0.1) is 10.8 Å². The molecule has 2 aliphatic carbocycles. The number of Topliss-reactive ketones (excluding diaryl/α,β-unsaturated/α-hetero) is 2. The van der Waals surface area contributed by atoms with Gasteiger partial charge in [0.25, 0.3) is 0 Å². The maximum atomic E-state index is 12.7. The first kappa shape index (κ1) is 13.3. The van der Waals surface area contributed by atoms with Crippen molar-refractivity contribution in [2.75, 3.05) is 0 Å². The van der Waals surface area contributed by atoms with Crippen LogP contribution < -0.4 is 0 Å². The molecule has 0 heterocycles. The normalized spacial score (nSPS) is 37.2. The molecular weight excluding hydrogens is 224 g/mol. The summed E-state index contributed by atoms with van der Waals surface area (Å²) in [6, 6.07) is 0. The lowest BCUT2D eigenvalue weighted by Crippen LogP contribution is -2.54. The lowest BCUT2D eigenvalue weighted by molar-refractivity contribution is -0.145. The molecule has 0 aromatic carbocycles. The number of fused-ring (bicyclic) bond motifs is 1. The molecule has 2 aliphatic rings. The quantitative estimate of drug-likeness (QED) is 0.612. The molecule has 0 aliphatic heterocycles. The highest BCUT2D eigenvalue weighted by molar-refractivity contribution is 6.17. The summed E-state index contributed by atoms with van der Waals surface area (Å²) in [4.78, 5) is 25.3. The molecular formula is C16H22O2. The van der Waals surface area contributed by atoms with Crippen LogP contribution in [0.25, 0.3) is 0 Å². The molecule has 0 aromatic rings. The zero-order valence-electron chi connectivity index (χ0n) is 12.2. The average molecular weight is 246 g/mol. The Labute approximate surface area is 109 Å². The van der Waals surface area contributed by atoms with Gasteiger partial charge in [0, 0.05) is 10.8 Å². The number of hydrogen-bond donors (Lipinski definition) is 0. The maximum Gasteiger partial charge on any atom is 0.166 e. The molecule has 2 atom stereocenters. The standard InChI is InChI=1S/C16H22O2/c1-9-7-15(5)13(17)11(3)12(4)14(18)16(15,6)8-10(9)2/h7-8H2,1-6H3/t15-,16+. The first-order chi connectivity index (χ1) is 8.15. The Hall–Kier alpha value is -1.18. The van der Waals surface area contributed by atoms with Gasteiger partial charge in [-0.3, -0.25) is 9.59 Å². The third kappa shape index (κ3) is 1.35. The lowest BCUT2D eigenvalue weighted by Gasteiger charge is -2.51. The van der Waals surface area contributed by atoms with Gasteiger partial charge >= 0.3 is 0 Å². The van der Waals surface area contributed by atoms with Crippen LogP contribution in [0.4, 0.5) is 0 Å². The minimum absolute atomic E-state index is 0.161. The molecule has 0 N–H and O–H groups in total. The zero-order chi connectivity index (χ0) is 13.9. The Kier molecular flexibility index (Phi) is 2.69. The monoisotopic (exact) mass is 246 g/mol. The van der Waals surface area contributed by atoms with E-state index < -0.39 is 10.8 Å². The summed E-state index contributed by atoms with van der Waals surface area (Å²) >= 11 is 0. The van der Waals surface area contributed by atoms with Crippen molar-refractivity contribution in [3.8, 4) is 0 Å². The van der Waals surface area contributed by atoms with Gasteiger partial charge in [-0.2, -0.15) is 0 Å². The molecule has 0 radical (unpaired) electrons. The Morgan fingerprint density at radius 1 is 0.722 bits per heavy atom. The highest BCUT2D eigenvalue weighted by atomic mass is 16.1. The molecule has 0 aromatic heterocycles. The summed E-state index contributed by atoms with van der Waals surface area (Å²) in [5.74, 6) is 0.322. The number of rotatable bonds is 0. The van der Waals surface area contributed by atoms with E-state index in [1.807, 2.05) is 13.8 Å². The maximum absolute atomic E-state index is 12.7. The summed E-state index contributed by atoms with van der Waals surface area (Å²) in [6.07, 6.45) is 1.43. The van der Waals surface area contributed by atoms with Gasteiger partial charge in [-0.05, 0) is 51.7 Å². The molecule has 18 heavy (non-hydrogen) atoms.